The molecule has 0 aromatic heterocycles. The molecular formula is C15H19F3N2O2S. The molecule has 4 nitrogen and oxygen atoms in total. The second-order valence-corrected chi connectivity index (χ2v) is 8.24. The highest BCUT2D eigenvalue weighted by molar-refractivity contribution is 7.89. The Morgan fingerprint density at radius 1 is 1.13 bits per heavy atom. The van der Waals surface area contributed by atoms with E-state index in [4.69, 9.17) is 0 Å². The van der Waals surface area contributed by atoms with Crippen LogP contribution in [0.2, 0.25) is 0 Å². The smallest absolute Gasteiger partial charge is 0.311 e. The highest BCUT2D eigenvalue weighted by Crippen LogP contribution is 2.37. The van der Waals surface area contributed by atoms with Gasteiger partial charge in [0.15, 0.2) is 0 Å². The molecule has 2 aliphatic rings. The number of nitrogens with zero attached hydrogens (tertiary/aromatic N) is 1. The number of halogens is 3. The van der Waals surface area contributed by atoms with Crippen molar-refractivity contribution in [3.63, 3.8) is 0 Å². The Labute approximate surface area is 133 Å². The summed E-state index contributed by atoms with van der Waals surface area (Å²) in [5.41, 5.74) is -1.11. The van der Waals surface area contributed by atoms with Crippen molar-refractivity contribution < 1.29 is 21.6 Å². The number of fused-ring (bicyclic) bond motifs is 2. The standard InChI is InChI=1S/C15H19F3N2O2S/c1-20(12-8-10-6-7-11(9-12)19-10)23(21,22)14-5-3-2-4-13(14)15(16,17)18/h2-5,10-12,19H,6-9H2,1H3. The Kier molecular flexibility index (Phi) is 4.18. The number of hydrogen-bond donors (Lipinski definition) is 1. The summed E-state index contributed by atoms with van der Waals surface area (Å²) in [5.74, 6) is 0. The van der Waals surface area contributed by atoms with Gasteiger partial charge in [-0.3, -0.25) is 0 Å². The summed E-state index contributed by atoms with van der Waals surface area (Å²) in [6.45, 7) is 0. The largest absolute Gasteiger partial charge is 0.417 e. The van der Waals surface area contributed by atoms with E-state index in [1.165, 1.54) is 19.2 Å². The van der Waals surface area contributed by atoms with E-state index in [2.05, 4.69) is 5.32 Å². The molecule has 0 amide bonds. The van der Waals surface area contributed by atoms with Crippen LogP contribution in [0.15, 0.2) is 29.2 Å². The van der Waals surface area contributed by atoms with Crippen LogP contribution in [0.25, 0.3) is 0 Å². The summed E-state index contributed by atoms with van der Waals surface area (Å²) in [7, 11) is -2.80. The second-order valence-electron chi connectivity index (χ2n) is 6.28. The van der Waals surface area contributed by atoms with Crippen molar-refractivity contribution in [3.05, 3.63) is 29.8 Å². The Hall–Kier alpha value is -1.12. The molecule has 1 aromatic rings. The zero-order chi connectivity index (χ0) is 16.8. The van der Waals surface area contributed by atoms with Crippen molar-refractivity contribution >= 4 is 10.0 Å². The van der Waals surface area contributed by atoms with Crippen LogP contribution in [-0.2, 0) is 16.2 Å². The van der Waals surface area contributed by atoms with Gasteiger partial charge in [0, 0.05) is 25.2 Å². The molecule has 2 aliphatic heterocycles. The van der Waals surface area contributed by atoms with Crippen LogP contribution in [0.5, 0.6) is 0 Å². The van der Waals surface area contributed by atoms with Crippen LogP contribution < -0.4 is 5.32 Å². The number of nitrogens with one attached hydrogen (secondary N) is 1. The van der Waals surface area contributed by atoms with Gasteiger partial charge in [-0.05, 0) is 37.8 Å². The molecule has 1 aromatic carbocycles. The first-order valence-electron chi connectivity index (χ1n) is 7.60. The van der Waals surface area contributed by atoms with Crippen LogP contribution in [-0.4, -0.2) is 37.9 Å². The molecule has 2 unspecified atom stereocenters. The van der Waals surface area contributed by atoms with Gasteiger partial charge >= 0.3 is 6.18 Å². The molecule has 2 fully saturated rings. The normalized spacial score (nSPS) is 28.3. The molecule has 3 rings (SSSR count). The lowest BCUT2D eigenvalue weighted by Crippen LogP contribution is -2.48. The van der Waals surface area contributed by atoms with Gasteiger partial charge in [-0.2, -0.15) is 17.5 Å². The molecule has 23 heavy (non-hydrogen) atoms. The van der Waals surface area contributed by atoms with E-state index in [-0.39, 0.29) is 18.1 Å². The van der Waals surface area contributed by atoms with E-state index in [1.54, 1.807) is 0 Å². The highest BCUT2D eigenvalue weighted by Gasteiger charge is 2.42. The Morgan fingerprint density at radius 3 is 2.26 bits per heavy atom. The molecular weight excluding hydrogens is 329 g/mol. The van der Waals surface area contributed by atoms with E-state index in [0.29, 0.717) is 12.8 Å². The van der Waals surface area contributed by atoms with Crippen molar-refractivity contribution in [2.24, 2.45) is 0 Å². The Balaban J connectivity index is 1.93. The lowest BCUT2D eigenvalue weighted by molar-refractivity contribution is -0.139. The number of sulfonamides is 1. The fraction of sp³-hybridized carbons (Fsp3) is 0.600. The molecule has 0 radical (unpaired) electrons. The third-order valence-electron chi connectivity index (χ3n) is 4.81. The molecule has 2 bridgehead atoms. The van der Waals surface area contributed by atoms with Gasteiger partial charge in [0.05, 0.1) is 10.5 Å². The number of alkyl halides is 3. The lowest BCUT2D eigenvalue weighted by atomic mass is 10.0. The molecule has 2 saturated heterocycles. The first-order chi connectivity index (χ1) is 10.7. The van der Waals surface area contributed by atoms with Gasteiger partial charge in [0.1, 0.15) is 0 Å². The van der Waals surface area contributed by atoms with Gasteiger partial charge < -0.3 is 5.32 Å². The number of piperidine rings is 1. The Morgan fingerprint density at radius 2 is 1.70 bits per heavy atom. The van der Waals surface area contributed by atoms with Gasteiger partial charge in [0.25, 0.3) is 0 Å². The minimum absolute atomic E-state index is 0.259. The monoisotopic (exact) mass is 348 g/mol. The lowest BCUT2D eigenvalue weighted by Gasteiger charge is -2.35. The summed E-state index contributed by atoms with van der Waals surface area (Å²) in [5, 5.41) is 3.40. The quantitative estimate of drug-likeness (QED) is 0.914. The summed E-state index contributed by atoms with van der Waals surface area (Å²) in [4.78, 5) is -0.666. The van der Waals surface area contributed by atoms with Crippen molar-refractivity contribution in [2.75, 3.05) is 7.05 Å². The fourth-order valence-electron chi connectivity index (χ4n) is 3.60. The van der Waals surface area contributed by atoms with Gasteiger partial charge in [-0.25, -0.2) is 8.42 Å². The minimum atomic E-state index is -4.70. The maximum absolute atomic E-state index is 13.1. The van der Waals surface area contributed by atoms with Gasteiger partial charge in [-0.1, -0.05) is 12.1 Å². The first-order valence-corrected chi connectivity index (χ1v) is 9.04. The second kappa shape index (κ2) is 5.75. The summed E-state index contributed by atoms with van der Waals surface area (Å²) >= 11 is 0. The van der Waals surface area contributed by atoms with Crippen LogP contribution >= 0.6 is 0 Å². The molecule has 2 heterocycles. The average Bonchev–Trinajstić information content (AvgIpc) is 2.84. The van der Waals surface area contributed by atoms with Crippen molar-refractivity contribution in [1.82, 2.24) is 9.62 Å². The van der Waals surface area contributed by atoms with E-state index in [1.807, 2.05) is 0 Å². The third kappa shape index (κ3) is 3.12. The van der Waals surface area contributed by atoms with Crippen LogP contribution in [0, 0.1) is 0 Å². The van der Waals surface area contributed by atoms with Gasteiger partial charge in [-0.15, -0.1) is 0 Å². The maximum Gasteiger partial charge on any atom is 0.417 e. The van der Waals surface area contributed by atoms with E-state index in [9.17, 15) is 21.6 Å². The highest BCUT2D eigenvalue weighted by atomic mass is 32.2. The molecule has 1 N–H and O–H groups in total. The SMILES string of the molecule is CN(C1CC2CCC(C1)N2)S(=O)(=O)c1ccccc1C(F)(F)F. The molecule has 0 saturated carbocycles. The van der Waals surface area contributed by atoms with Crippen molar-refractivity contribution in [2.45, 2.75) is 54.9 Å². The van der Waals surface area contributed by atoms with E-state index in [0.717, 1.165) is 29.3 Å². The van der Waals surface area contributed by atoms with E-state index >= 15 is 0 Å². The molecule has 0 spiro atoms. The summed E-state index contributed by atoms with van der Waals surface area (Å²) < 4.78 is 66.0. The van der Waals surface area contributed by atoms with Crippen LogP contribution in [0.1, 0.15) is 31.2 Å². The predicted molar refractivity (Wildman–Crippen MR) is 79.4 cm³/mol. The molecule has 128 valence electrons. The summed E-state index contributed by atoms with van der Waals surface area (Å²) in [6, 6.07) is 4.62. The minimum Gasteiger partial charge on any atom is -0.311 e. The fourth-order valence-corrected chi connectivity index (χ4v) is 5.19. The molecule has 8 heteroatoms. The predicted octanol–water partition coefficient (Wildman–Crippen LogP) is 2.61. The van der Waals surface area contributed by atoms with Crippen LogP contribution in [0.4, 0.5) is 13.2 Å². The topological polar surface area (TPSA) is 49.4 Å². The number of hydrogen-bond acceptors (Lipinski definition) is 3. The average molecular weight is 348 g/mol. The zero-order valence-electron chi connectivity index (χ0n) is 12.7. The zero-order valence-corrected chi connectivity index (χ0v) is 13.5. The maximum atomic E-state index is 13.1. The first kappa shape index (κ1) is 16.7. The van der Waals surface area contributed by atoms with Crippen molar-refractivity contribution in [1.29, 1.82) is 0 Å². The number of rotatable bonds is 3. The van der Waals surface area contributed by atoms with Crippen molar-refractivity contribution in [3.8, 4) is 0 Å². The third-order valence-corrected chi connectivity index (χ3v) is 6.78. The molecule has 0 aliphatic carbocycles. The molecule has 2 atom stereocenters. The summed E-state index contributed by atoms with van der Waals surface area (Å²) in [6.07, 6.45) is -1.43. The van der Waals surface area contributed by atoms with Crippen LogP contribution in [0.3, 0.4) is 0 Å². The van der Waals surface area contributed by atoms with Gasteiger partial charge in [0.2, 0.25) is 10.0 Å². The van der Waals surface area contributed by atoms with E-state index < -0.39 is 26.7 Å². The Bertz CT molecular complexity index is 678. The number of benzene rings is 1.